The second-order valence-electron chi connectivity index (χ2n) is 6.81. The number of nitrogens with zero attached hydrogens (tertiary/aromatic N) is 2. The Morgan fingerprint density at radius 2 is 1.91 bits per heavy atom. The molecule has 1 amide bonds. The number of nitrogens with one attached hydrogen (secondary N) is 1. The summed E-state index contributed by atoms with van der Waals surface area (Å²) >= 11 is 0. The lowest BCUT2D eigenvalue weighted by Crippen LogP contribution is -2.49. The van der Waals surface area contributed by atoms with Crippen LogP contribution in [0, 0.1) is 5.92 Å². The third-order valence-corrected chi connectivity index (χ3v) is 4.75. The number of amides is 1. The highest BCUT2D eigenvalue weighted by molar-refractivity contribution is 5.85. The number of aliphatic hydroxyl groups is 1. The van der Waals surface area contributed by atoms with Crippen molar-refractivity contribution in [2.45, 2.75) is 51.2 Å². The minimum absolute atomic E-state index is 0. The number of hydrogen-bond donors (Lipinski definition) is 2. The van der Waals surface area contributed by atoms with E-state index in [0.29, 0.717) is 5.92 Å². The van der Waals surface area contributed by atoms with Crippen LogP contribution in [0.25, 0.3) is 0 Å². The van der Waals surface area contributed by atoms with Crippen LogP contribution in [0.15, 0.2) is 0 Å². The lowest BCUT2D eigenvalue weighted by Gasteiger charge is -2.35. The quantitative estimate of drug-likeness (QED) is 0.771. The molecule has 23 heavy (non-hydrogen) atoms. The summed E-state index contributed by atoms with van der Waals surface area (Å²) in [6.45, 7) is 6.54. The maximum atomic E-state index is 12.4. The zero-order chi connectivity index (χ0) is 15.2. The Hall–Kier alpha value is -0.0700. The molecule has 0 aliphatic carbocycles. The van der Waals surface area contributed by atoms with Gasteiger partial charge in [-0.1, -0.05) is 6.42 Å². The highest BCUT2D eigenvalue weighted by Crippen LogP contribution is 2.19. The number of likely N-dealkylation sites (N-methyl/N-ethyl adjacent to an activating group) is 1. The highest BCUT2D eigenvalue weighted by Gasteiger charge is 2.27. The van der Waals surface area contributed by atoms with E-state index in [1.807, 2.05) is 18.9 Å². The second kappa shape index (κ2) is 11.5. The molecule has 2 heterocycles. The molecule has 0 aromatic heterocycles. The predicted molar refractivity (Wildman–Crippen MR) is 98.6 cm³/mol. The van der Waals surface area contributed by atoms with Crippen LogP contribution in [0.4, 0.5) is 0 Å². The summed E-state index contributed by atoms with van der Waals surface area (Å²) in [4.78, 5) is 16.7. The maximum Gasteiger partial charge on any atom is 0.239 e. The number of β-amino-alcohol motifs (C(OH)–C–C–N with tert-alkyl or cyclic N) is 1. The molecule has 0 radical (unpaired) electrons. The molecule has 0 spiro atoms. The summed E-state index contributed by atoms with van der Waals surface area (Å²) in [7, 11) is 1.95. The molecule has 2 atom stereocenters. The number of halogens is 2. The molecule has 0 aromatic carbocycles. The zero-order valence-corrected chi connectivity index (χ0v) is 16.0. The van der Waals surface area contributed by atoms with Gasteiger partial charge in [-0.3, -0.25) is 4.79 Å². The van der Waals surface area contributed by atoms with Gasteiger partial charge in [0.05, 0.1) is 12.1 Å². The Balaban J connectivity index is 0.00000242. The number of carbonyl (C=O) groups is 1. The van der Waals surface area contributed by atoms with Crippen molar-refractivity contribution in [1.29, 1.82) is 0 Å². The zero-order valence-electron chi connectivity index (χ0n) is 14.4. The fourth-order valence-corrected chi connectivity index (χ4v) is 3.53. The maximum absolute atomic E-state index is 12.4. The molecule has 2 aliphatic heterocycles. The Labute approximate surface area is 153 Å². The van der Waals surface area contributed by atoms with Crippen molar-refractivity contribution in [3.8, 4) is 0 Å². The van der Waals surface area contributed by atoms with E-state index < -0.39 is 0 Å². The molecule has 7 heteroatoms. The van der Waals surface area contributed by atoms with E-state index in [2.05, 4.69) is 10.2 Å². The van der Waals surface area contributed by atoms with Crippen LogP contribution in [0.3, 0.4) is 0 Å². The number of likely N-dealkylation sites (tertiary alicyclic amines) is 1. The Bertz CT molecular complexity index is 331. The van der Waals surface area contributed by atoms with Crippen LogP contribution >= 0.6 is 24.8 Å². The third-order valence-electron chi connectivity index (χ3n) is 4.75. The molecular weight excluding hydrogens is 337 g/mol. The van der Waals surface area contributed by atoms with E-state index >= 15 is 0 Å². The molecule has 138 valence electrons. The molecule has 0 saturated carbocycles. The number of piperidine rings is 2. The number of hydrogen-bond acceptors (Lipinski definition) is 4. The van der Waals surface area contributed by atoms with Crippen LogP contribution < -0.4 is 5.32 Å². The molecule has 2 N–H and O–H groups in total. The Morgan fingerprint density at radius 1 is 1.26 bits per heavy atom. The topological polar surface area (TPSA) is 55.8 Å². The predicted octanol–water partition coefficient (Wildman–Crippen LogP) is 1.52. The first kappa shape index (κ1) is 22.9. The number of aliphatic hydroxyl groups excluding tert-OH is 1. The molecule has 1 unspecified atom stereocenters. The van der Waals surface area contributed by atoms with E-state index in [9.17, 15) is 9.90 Å². The standard InChI is InChI=1S/C16H31N3O2.2ClH/c1-13(20)11-19-9-6-14(7-10-19)12-18(2)16(21)15-5-3-4-8-17-15;;/h13-15,17,20H,3-12H2,1-2H3;2*1H/t13?,15-;;/m0../s1. The van der Waals surface area contributed by atoms with Gasteiger partial charge in [0.2, 0.25) is 5.91 Å². The van der Waals surface area contributed by atoms with Crippen molar-refractivity contribution < 1.29 is 9.90 Å². The fraction of sp³-hybridized carbons (Fsp3) is 0.938. The summed E-state index contributed by atoms with van der Waals surface area (Å²) in [5, 5.41) is 12.8. The summed E-state index contributed by atoms with van der Waals surface area (Å²) in [6, 6.07) is 0.0408. The first-order valence-corrected chi connectivity index (χ1v) is 8.45. The van der Waals surface area contributed by atoms with Crippen molar-refractivity contribution in [2.24, 2.45) is 5.92 Å². The molecular formula is C16H33Cl2N3O2. The fourth-order valence-electron chi connectivity index (χ4n) is 3.53. The van der Waals surface area contributed by atoms with E-state index in [4.69, 9.17) is 0 Å². The number of rotatable bonds is 5. The average molecular weight is 370 g/mol. The van der Waals surface area contributed by atoms with Gasteiger partial charge in [0.15, 0.2) is 0 Å². The molecule has 2 rings (SSSR count). The van der Waals surface area contributed by atoms with Crippen molar-refractivity contribution in [3.05, 3.63) is 0 Å². The van der Waals surface area contributed by atoms with Crippen LogP contribution in [0.2, 0.25) is 0 Å². The lowest BCUT2D eigenvalue weighted by molar-refractivity contribution is -0.133. The smallest absolute Gasteiger partial charge is 0.239 e. The largest absolute Gasteiger partial charge is 0.392 e. The normalized spacial score (nSPS) is 24.2. The van der Waals surface area contributed by atoms with Crippen LogP contribution in [0.1, 0.15) is 39.0 Å². The second-order valence-corrected chi connectivity index (χ2v) is 6.81. The van der Waals surface area contributed by atoms with Crippen molar-refractivity contribution in [2.75, 3.05) is 39.8 Å². The first-order valence-electron chi connectivity index (χ1n) is 8.45. The van der Waals surface area contributed by atoms with Crippen molar-refractivity contribution in [3.63, 3.8) is 0 Å². The van der Waals surface area contributed by atoms with Gasteiger partial charge in [-0.25, -0.2) is 0 Å². The lowest BCUT2D eigenvalue weighted by atomic mass is 9.95. The van der Waals surface area contributed by atoms with E-state index in [1.165, 1.54) is 6.42 Å². The molecule has 5 nitrogen and oxygen atoms in total. The van der Waals surface area contributed by atoms with Gasteiger partial charge >= 0.3 is 0 Å². The Kier molecular flexibility index (Phi) is 11.4. The molecule has 2 aliphatic rings. The van der Waals surface area contributed by atoms with Crippen LogP contribution in [-0.4, -0.2) is 72.7 Å². The van der Waals surface area contributed by atoms with Gasteiger partial charge in [-0.05, 0) is 58.2 Å². The number of carbonyl (C=O) groups excluding carboxylic acids is 1. The van der Waals surface area contributed by atoms with Gasteiger partial charge in [-0.15, -0.1) is 24.8 Å². The van der Waals surface area contributed by atoms with E-state index in [1.54, 1.807) is 0 Å². The SMILES string of the molecule is CC(O)CN1CCC(CN(C)C(=O)[C@@H]2CCCCN2)CC1.Cl.Cl. The Morgan fingerprint density at radius 3 is 2.43 bits per heavy atom. The minimum atomic E-state index is -0.247. The summed E-state index contributed by atoms with van der Waals surface area (Å²) in [5.41, 5.74) is 0. The van der Waals surface area contributed by atoms with E-state index in [0.717, 1.165) is 58.4 Å². The van der Waals surface area contributed by atoms with Gasteiger partial charge in [-0.2, -0.15) is 0 Å². The molecule has 2 saturated heterocycles. The summed E-state index contributed by atoms with van der Waals surface area (Å²) in [6.07, 6.45) is 5.34. The van der Waals surface area contributed by atoms with Crippen molar-refractivity contribution >= 4 is 30.7 Å². The summed E-state index contributed by atoms with van der Waals surface area (Å²) < 4.78 is 0. The van der Waals surface area contributed by atoms with Crippen molar-refractivity contribution in [1.82, 2.24) is 15.1 Å². The highest BCUT2D eigenvalue weighted by atomic mass is 35.5. The summed E-state index contributed by atoms with van der Waals surface area (Å²) in [5.74, 6) is 0.869. The third kappa shape index (κ3) is 7.57. The average Bonchev–Trinajstić information content (AvgIpc) is 2.49. The van der Waals surface area contributed by atoms with Crippen LogP contribution in [0.5, 0.6) is 0 Å². The molecule has 0 aromatic rings. The van der Waals surface area contributed by atoms with E-state index in [-0.39, 0.29) is 42.9 Å². The minimum Gasteiger partial charge on any atom is -0.392 e. The van der Waals surface area contributed by atoms with Gasteiger partial charge < -0.3 is 20.2 Å². The monoisotopic (exact) mass is 369 g/mol. The van der Waals surface area contributed by atoms with Gasteiger partial charge in [0.25, 0.3) is 0 Å². The van der Waals surface area contributed by atoms with Gasteiger partial charge in [0, 0.05) is 20.1 Å². The molecule has 2 fully saturated rings. The van der Waals surface area contributed by atoms with Gasteiger partial charge in [0.1, 0.15) is 0 Å². The first-order chi connectivity index (χ1) is 10.1. The molecule has 0 bridgehead atoms. The van der Waals surface area contributed by atoms with Crippen LogP contribution in [-0.2, 0) is 4.79 Å².